The summed E-state index contributed by atoms with van der Waals surface area (Å²) in [4.78, 5) is 28.8. The molecule has 5 rings (SSSR count). The van der Waals surface area contributed by atoms with E-state index in [2.05, 4.69) is 10.00 Å². The van der Waals surface area contributed by atoms with Crippen molar-refractivity contribution in [2.75, 3.05) is 26.2 Å². The summed E-state index contributed by atoms with van der Waals surface area (Å²) in [5, 5.41) is 14.9. The Morgan fingerprint density at radius 1 is 1.11 bits per heavy atom. The first-order valence-corrected chi connectivity index (χ1v) is 13.2. The van der Waals surface area contributed by atoms with Gasteiger partial charge in [0, 0.05) is 17.0 Å². The van der Waals surface area contributed by atoms with Gasteiger partial charge < -0.3 is 10.0 Å². The summed E-state index contributed by atoms with van der Waals surface area (Å²) in [6.45, 7) is 2.06. The van der Waals surface area contributed by atoms with Crippen molar-refractivity contribution < 1.29 is 27.9 Å². The number of hydrogen-bond donors (Lipinski definition) is 1. The molecule has 12 heteroatoms. The lowest BCUT2D eigenvalue weighted by Crippen LogP contribution is -2.41. The predicted octanol–water partition coefficient (Wildman–Crippen LogP) is 5.25. The summed E-state index contributed by atoms with van der Waals surface area (Å²) in [5.41, 5.74) is 0.481. The Morgan fingerprint density at radius 3 is 2.61 bits per heavy atom. The summed E-state index contributed by atoms with van der Waals surface area (Å²) >= 11 is 6.60. The van der Waals surface area contributed by atoms with Crippen LogP contribution in [0, 0.1) is 0 Å². The lowest BCUT2D eigenvalue weighted by Gasteiger charge is -2.22. The number of alkyl halides is 3. The third kappa shape index (κ3) is 5.75. The average molecular weight is 565 g/mol. The third-order valence-corrected chi connectivity index (χ3v) is 7.74. The molecule has 0 saturated carbocycles. The number of fused-ring (bicyclic) bond motifs is 1. The van der Waals surface area contributed by atoms with E-state index in [1.807, 2.05) is 0 Å². The summed E-state index contributed by atoms with van der Waals surface area (Å²) in [5.74, 6) is -0.460. The van der Waals surface area contributed by atoms with Crippen LogP contribution in [0.4, 0.5) is 18.0 Å². The van der Waals surface area contributed by atoms with Crippen LogP contribution >= 0.6 is 23.4 Å². The van der Waals surface area contributed by atoms with Crippen LogP contribution in [-0.4, -0.2) is 68.1 Å². The van der Waals surface area contributed by atoms with Gasteiger partial charge in [-0.1, -0.05) is 23.7 Å². The second kappa shape index (κ2) is 10.7. The number of rotatable bonds is 7. The quantitative estimate of drug-likeness (QED) is 0.395. The number of nitrogens with zero attached hydrogens (tertiary/aromatic N) is 4. The van der Waals surface area contributed by atoms with Crippen molar-refractivity contribution in [3.8, 4) is 0 Å². The SMILES string of the molecule is O=C1SC(=Cc2ccc3c(cnn3Cc3ccc(Cl)cc3C(F)(F)F)c2)C(=O)N1CC(O)CN1CCCC1. The number of benzene rings is 2. The highest BCUT2D eigenvalue weighted by Gasteiger charge is 2.37. The maximum Gasteiger partial charge on any atom is 0.416 e. The number of thioether (sulfide) groups is 1. The van der Waals surface area contributed by atoms with Crippen molar-refractivity contribution in [1.82, 2.24) is 19.6 Å². The summed E-state index contributed by atoms with van der Waals surface area (Å²) in [6, 6.07) is 8.82. The summed E-state index contributed by atoms with van der Waals surface area (Å²) in [6.07, 6.45) is -0.0805. The number of likely N-dealkylation sites (tertiary alicyclic amines) is 1. The van der Waals surface area contributed by atoms with Crippen LogP contribution in [-0.2, 0) is 17.5 Å². The van der Waals surface area contributed by atoms with E-state index in [0.29, 0.717) is 23.0 Å². The van der Waals surface area contributed by atoms with E-state index in [-0.39, 0.29) is 28.6 Å². The number of amides is 2. The Kier molecular flexibility index (Phi) is 7.54. The molecule has 2 amide bonds. The zero-order chi connectivity index (χ0) is 27.0. The van der Waals surface area contributed by atoms with Gasteiger partial charge in [-0.05, 0) is 79.2 Å². The largest absolute Gasteiger partial charge is 0.416 e. The molecule has 1 unspecified atom stereocenters. The summed E-state index contributed by atoms with van der Waals surface area (Å²) < 4.78 is 42.0. The van der Waals surface area contributed by atoms with Gasteiger partial charge in [0.1, 0.15) is 0 Å². The van der Waals surface area contributed by atoms with Crippen molar-refractivity contribution in [2.24, 2.45) is 0 Å². The second-order valence-electron chi connectivity index (χ2n) is 9.37. The van der Waals surface area contributed by atoms with Gasteiger partial charge in [0.2, 0.25) is 0 Å². The molecule has 2 saturated heterocycles. The first kappa shape index (κ1) is 26.7. The fourth-order valence-electron chi connectivity index (χ4n) is 4.77. The van der Waals surface area contributed by atoms with Crippen LogP contribution in [0.3, 0.4) is 0 Å². The number of imide groups is 1. The molecule has 0 aliphatic carbocycles. The number of aliphatic hydroxyl groups is 1. The van der Waals surface area contributed by atoms with Crippen LogP contribution < -0.4 is 0 Å². The normalized spacial score (nSPS) is 18.9. The van der Waals surface area contributed by atoms with E-state index in [1.165, 1.54) is 23.0 Å². The monoisotopic (exact) mass is 564 g/mol. The Morgan fingerprint density at radius 2 is 1.87 bits per heavy atom. The Balaban J connectivity index is 1.32. The molecule has 0 bridgehead atoms. The fourth-order valence-corrected chi connectivity index (χ4v) is 5.79. The molecule has 1 aromatic heterocycles. The van der Waals surface area contributed by atoms with Gasteiger partial charge in [-0.15, -0.1) is 0 Å². The average Bonchev–Trinajstić information content (AvgIpc) is 3.57. The first-order chi connectivity index (χ1) is 18.1. The highest BCUT2D eigenvalue weighted by atomic mass is 35.5. The van der Waals surface area contributed by atoms with Crippen LogP contribution in [0.1, 0.15) is 29.5 Å². The van der Waals surface area contributed by atoms with Crippen LogP contribution in [0.25, 0.3) is 17.0 Å². The van der Waals surface area contributed by atoms with E-state index >= 15 is 0 Å². The minimum absolute atomic E-state index is 0.00144. The molecule has 2 aliphatic heterocycles. The van der Waals surface area contributed by atoms with Crippen molar-refractivity contribution in [2.45, 2.75) is 31.7 Å². The zero-order valence-electron chi connectivity index (χ0n) is 20.1. The highest BCUT2D eigenvalue weighted by molar-refractivity contribution is 8.18. The zero-order valence-corrected chi connectivity index (χ0v) is 21.7. The molecular weight excluding hydrogens is 541 g/mol. The van der Waals surface area contributed by atoms with E-state index in [9.17, 15) is 27.9 Å². The van der Waals surface area contributed by atoms with Gasteiger partial charge in [-0.3, -0.25) is 19.2 Å². The molecule has 1 N–H and O–H groups in total. The number of hydrogen-bond acceptors (Lipinski definition) is 6. The highest BCUT2D eigenvalue weighted by Crippen LogP contribution is 2.35. The van der Waals surface area contributed by atoms with E-state index < -0.39 is 29.0 Å². The Hall–Kier alpha value is -2.86. The number of carbonyl (C=O) groups excluding carboxylic acids is 2. The second-order valence-corrected chi connectivity index (χ2v) is 10.8. The third-order valence-electron chi connectivity index (χ3n) is 6.60. The summed E-state index contributed by atoms with van der Waals surface area (Å²) in [7, 11) is 0. The minimum atomic E-state index is -4.55. The van der Waals surface area contributed by atoms with Crippen molar-refractivity contribution in [3.63, 3.8) is 0 Å². The molecule has 3 heterocycles. The van der Waals surface area contributed by atoms with Crippen LogP contribution in [0.2, 0.25) is 5.02 Å². The molecule has 2 aliphatic rings. The van der Waals surface area contributed by atoms with Crippen LogP contribution in [0.5, 0.6) is 0 Å². The molecule has 7 nitrogen and oxygen atoms in total. The number of carbonyl (C=O) groups is 2. The van der Waals surface area contributed by atoms with Gasteiger partial charge in [0.15, 0.2) is 0 Å². The molecule has 3 aromatic rings. The van der Waals surface area contributed by atoms with Crippen molar-refractivity contribution in [3.05, 3.63) is 69.2 Å². The lowest BCUT2D eigenvalue weighted by atomic mass is 10.1. The topological polar surface area (TPSA) is 78.7 Å². The Bertz CT molecular complexity index is 1420. The number of β-amino-alcohol motifs (C(OH)–C–C–N with tert-alkyl or cyclic N) is 1. The Labute approximate surface area is 225 Å². The van der Waals surface area contributed by atoms with Crippen LogP contribution in [0.15, 0.2) is 47.5 Å². The number of halogens is 4. The molecule has 0 spiro atoms. The maximum absolute atomic E-state index is 13.5. The molecular formula is C26H24ClF3N4O3S. The van der Waals surface area contributed by atoms with Gasteiger partial charge >= 0.3 is 6.18 Å². The number of aliphatic hydroxyl groups excluding tert-OH is 1. The van der Waals surface area contributed by atoms with Crippen molar-refractivity contribution in [1.29, 1.82) is 0 Å². The van der Waals surface area contributed by atoms with Gasteiger partial charge in [0.25, 0.3) is 11.1 Å². The smallest absolute Gasteiger partial charge is 0.390 e. The number of aromatic nitrogens is 2. The molecule has 0 radical (unpaired) electrons. The maximum atomic E-state index is 13.5. The molecule has 2 aromatic carbocycles. The lowest BCUT2D eigenvalue weighted by molar-refractivity contribution is -0.138. The van der Waals surface area contributed by atoms with Gasteiger partial charge in [-0.25, -0.2) is 0 Å². The van der Waals surface area contributed by atoms with Gasteiger partial charge in [0.05, 0.1) is 41.4 Å². The van der Waals surface area contributed by atoms with E-state index in [0.717, 1.165) is 48.7 Å². The minimum Gasteiger partial charge on any atom is -0.390 e. The molecule has 38 heavy (non-hydrogen) atoms. The molecule has 2 fully saturated rings. The van der Waals surface area contributed by atoms with Crippen molar-refractivity contribution >= 4 is 51.5 Å². The van der Waals surface area contributed by atoms with Gasteiger partial charge in [-0.2, -0.15) is 18.3 Å². The standard InChI is InChI=1S/C26H24ClF3N4O3S/c27-19-5-4-17(21(11-19)26(28,29)30)13-34-22-6-3-16(9-18(22)12-31-34)10-23-24(36)33(25(37)38-23)15-20(35)14-32-7-1-2-8-32/h3-6,9-12,20,35H,1-2,7-8,13-15H2. The molecule has 1 atom stereocenters. The van der Waals surface area contributed by atoms with E-state index in [1.54, 1.807) is 24.3 Å². The predicted molar refractivity (Wildman–Crippen MR) is 140 cm³/mol. The fraction of sp³-hybridized carbons (Fsp3) is 0.346. The van der Waals surface area contributed by atoms with E-state index in [4.69, 9.17) is 11.6 Å². The first-order valence-electron chi connectivity index (χ1n) is 12.1. The molecule has 200 valence electrons.